The number of esters is 1. The highest BCUT2D eigenvalue weighted by Crippen LogP contribution is 2.41. The van der Waals surface area contributed by atoms with Crippen LogP contribution in [-0.2, 0) is 9.53 Å². The summed E-state index contributed by atoms with van der Waals surface area (Å²) in [4.78, 5) is 25.0. The van der Waals surface area contributed by atoms with Crippen LogP contribution in [0.15, 0.2) is 23.4 Å². The van der Waals surface area contributed by atoms with E-state index < -0.39 is 18.0 Å². The highest BCUT2D eigenvalue weighted by atomic mass is 35.5. The third-order valence-electron chi connectivity index (χ3n) is 4.19. The Morgan fingerprint density at radius 2 is 1.86 bits per heavy atom. The van der Waals surface area contributed by atoms with Crippen molar-refractivity contribution in [2.45, 2.75) is 53.7 Å². The summed E-state index contributed by atoms with van der Waals surface area (Å²) < 4.78 is 16.8. The first-order valence-electron chi connectivity index (χ1n) is 9.81. The van der Waals surface area contributed by atoms with Gasteiger partial charge in [-0.2, -0.15) is 0 Å². The molecule has 0 bridgehead atoms. The van der Waals surface area contributed by atoms with Gasteiger partial charge in [0.1, 0.15) is 0 Å². The molecule has 0 fully saturated rings. The quantitative estimate of drug-likeness (QED) is 0.606. The van der Waals surface area contributed by atoms with Crippen LogP contribution in [0.4, 0.5) is 4.79 Å². The fourth-order valence-corrected chi connectivity index (χ4v) is 3.36. The van der Waals surface area contributed by atoms with Crippen LogP contribution in [-0.4, -0.2) is 31.3 Å². The lowest BCUT2D eigenvalue weighted by molar-refractivity contribution is -0.139. The van der Waals surface area contributed by atoms with Gasteiger partial charge < -0.3 is 24.8 Å². The summed E-state index contributed by atoms with van der Waals surface area (Å²) in [7, 11) is 0. The Morgan fingerprint density at radius 1 is 1.17 bits per heavy atom. The van der Waals surface area contributed by atoms with Crippen LogP contribution in [0.25, 0.3) is 0 Å². The molecule has 1 aliphatic heterocycles. The molecule has 0 saturated carbocycles. The van der Waals surface area contributed by atoms with E-state index in [1.165, 1.54) is 0 Å². The van der Waals surface area contributed by atoms with Crippen molar-refractivity contribution < 1.29 is 23.8 Å². The third kappa shape index (κ3) is 5.35. The number of halogens is 1. The number of allylic oxidation sites excluding steroid dienone is 1. The van der Waals surface area contributed by atoms with Crippen LogP contribution in [0, 0.1) is 5.92 Å². The Hall–Kier alpha value is -2.41. The first kappa shape index (κ1) is 22.9. The molecule has 8 heteroatoms. The topological polar surface area (TPSA) is 85.9 Å². The zero-order chi connectivity index (χ0) is 21.7. The molecule has 0 saturated heterocycles. The highest BCUT2D eigenvalue weighted by molar-refractivity contribution is 6.32. The number of hydrogen-bond donors (Lipinski definition) is 2. The standard InChI is InChI=1S/C21H29ClN2O5/c1-7-27-15-10-13(9-14(22)19(15)29-12(5)6)18-16(20(25)28-8-2)17(11(3)4)23-21(26)24-18/h9-12,18H,7-8H2,1-6H3,(H2,23,24,26). The van der Waals surface area contributed by atoms with Crippen molar-refractivity contribution in [2.75, 3.05) is 13.2 Å². The summed E-state index contributed by atoms with van der Waals surface area (Å²) in [6, 6.07) is 2.28. The minimum atomic E-state index is -0.731. The number of ether oxygens (including phenoxy) is 3. The van der Waals surface area contributed by atoms with E-state index in [2.05, 4.69) is 10.6 Å². The molecule has 1 heterocycles. The number of nitrogens with one attached hydrogen (secondary N) is 2. The molecule has 2 N–H and O–H groups in total. The van der Waals surface area contributed by atoms with Crippen molar-refractivity contribution in [1.29, 1.82) is 0 Å². The zero-order valence-corrected chi connectivity index (χ0v) is 18.5. The van der Waals surface area contributed by atoms with E-state index in [0.717, 1.165) is 0 Å². The average Bonchev–Trinajstić information content (AvgIpc) is 2.63. The SMILES string of the molecule is CCOC(=O)C1=C(C(C)C)NC(=O)NC1c1cc(Cl)c(OC(C)C)c(OCC)c1. The van der Waals surface area contributed by atoms with Crippen LogP contribution in [0.5, 0.6) is 11.5 Å². The molecule has 0 radical (unpaired) electrons. The summed E-state index contributed by atoms with van der Waals surface area (Å²) >= 11 is 6.49. The van der Waals surface area contributed by atoms with E-state index >= 15 is 0 Å². The molecular formula is C21H29ClN2O5. The van der Waals surface area contributed by atoms with Gasteiger partial charge in [-0.25, -0.2) is 9.59 Å². The second-order valence-electron chi connectivity index (χ2n) is 7.16. The van der Waals surface area contributed by atoms with Crippen LogP contribution in [0.1, 0.15) is 53.1 Å². The fraction of sp³-hybridized carbons (Fsp3) is 0.524. The summed E-state index contributed by atoms with van der Waals surface area (Å²) in [5, 5.41) is 5.87. The molecule has 1 unspecified atom stereocenters. The van der Waals surface area contributed by atoms with Crippen molar-refractivity contribution in [3.05, 3.63) is 34.0 Å². The summed E-state index contributed by atoms with van der Waals surface area (Å²) in [6.07, 6.45) is -0.0985. The van der Waals surface area contributed by atoms with Gasteiger partial charge in [0.2, 0.25) is 0 Å². The van der Waals surface area contributed by atoms with E-state index in [4.69, 9.17) is 25.8 Å². The summed E-state index contributed by atoms with van der Waals surface area (Å²) in [5.74, 6) is 0.294. The van der Waals surface area contributed by atoms with Crippen molar-refractivity contribution in [1.82, 2.24) is 10.6 Å². The average molecular weight is 425 g/mol. The van der Waals surface area contributed by atoms with Gasteiger partial charge in [-0.05, 0) is 51.3 Å². The van der Waals surface area contributed by atoms with Crippen molar-refractivity contribution in [2.24, 2.45) is 5.92 Å². The predicted molar refractivity (Wildman–Crippen MR) is 111 cm³/mol. The number of urea groups is 1. The van der Waals surface area contributed by atoms with Gasteiger partial charge in [0.05, 0.1) is 36.0 Å². The lowest BCUT2D eigenvalue weighted by Gasteiger charge is -2.31. The zero-order valence-electron chi connectivity index (χ0n) is 17.7. The van der Waals surface area contributed by atoms with Gasteiger partial charge in [0.15, 0.2) is 11.5 Å². The van der Waals surface area contributed by atoms with Gasteiger partial charge in [0.25, 0.3) is 0 Å². The molecule has 29 heavy (non-hydrogen) atoms. The Morgan fingerprint density at radius 3 is 2.41 bits per heavy atom. The van der Waals surface area contributed by atoms with Crippen LogP contribution in [0.3, 0.4) is 0 Å². The molecule has 1 aliphatic rings. The molecular weight excluding hydrogens is 396 g/mol. The molecule has 0 spiro atoms. The number of carbonyl (C=O) groups is 2. The molecule has 1 atom stereocenters. The summed E-state index contributed by atoms with van der Waals surface area (Å²) in [5.41, 5.74) is 1.47. The molecule has 2 rings (SSSR count). The van der Waals surface area contributed by atoms with Gasteiger partial charge in [0, 0.05) is 5.70 Å². The van der Waals surface area contributed by atoms with E-state index in [9.17, 15) is 9.59 Å². The smallest absolute Gasteiger partial charge is 0.338 e. The maximum Gasteiger partial charge on any atom is 0.338 e. The number of benzene rings is 1. The number of amides is 2. The van der Waals surface area contributed by atoms with E-state index in [-0.39, 0.29) is 18.6 Å². The van der Waals surface area contributed by atoms with Crippen molar-refractivity contribution in [3.8, 4) is 11.5 Å². The fourth-order valence-electron chi connectivity index (χ4n) is 3.09. The normalized spacial score (nSPS) is 16.6. The molecule has 1 aromatic rings. The first-order chi connectivity index (χ1) is 13.7. The molecule has 160 valence electrons. The molecule has 7 nitrogen and oxygen atoms in total. The third-order valence-corrected chi connectivity index (χ3v) is 4.47. The molecule has 1 aromatic carbocycles. The van der Waals surface area contributed by atoms with Crippen molar-refractivity contribution in [3.63, 3.8) is 0 Å². The Kier molecular flexibility index (Phi) is 7.79. The van der Waals surface area contributed by atoms with Gasteiger partial charge >= 0.3 is 12.0 Å². The number of carbonyl (C=O) groups excluding carboxylic acids is 2. The first-order valence-corrected chi connectivity index (χ1v) is 10.2. The van der Waals surface area contributed by atoms with E-state index in [1.807, 2.05) is 34.6 Å². The molecule has 2 amide bonds. The van der Waals surface area contributed by atoms with Gasteiger partial charge in [-0.15, -0.1) is 0 Å². The largest absolute Gasteiger partial charge is 0.490 e. The minimum Gasteiger partial charge on any atom is -0.490 e. The summed E-state index contributed by atoms with van der Waals surface area (Å²) in [6.45, 7) is 11.8. The maximum atomic E-state index is 12.8. The minimum absolute atomic E-state index is 0.0895. The lowest BCUT2D eigenvalue weighted by Crippen LogP contribution is -2.47. The van der Waals surface area contributed by atoms with E-state index in [1.54, 1.807) is 19.1 Å². The highest BCUT2D eigenvalue weighted by Gasteiger charge is 2.35. The van der Waals surface area contributed by atoms with Gasteiger partial charge in [-0.1, -0.05) is 25.4 Å². The van der Waals surface area contributed by atoms with Crippen LogP contribution >= 0.6 is 11.6 Å². The maximum absolute atomic E-state index is 12.8. The van der Waals surface area contributed by atoms with Gasteiger partial charge in [-0.3, -0.25) is 0 Å². The predicted octanol–water partition coefficient (Wildman–Crippen LogP) is 4.35. The molecule has 0 aliphatic carbocycles. The lowest BCUT2D eigenvalue weighted by atomic mass is 9.91. The van der Waals surface area contributed by atoms with E-state index in [0.29, 0.717) is 40.0 Å². The Bertz CT molecular complexity index is 805. The Labute approximate surface area is 176 Å². The second kappa shape index (κ2) is 9.87. The van der Waals surface area contributed by atoms with Crippen LogP contribution < -0.4 is 20.1 Å². The Balaban J connectivity index is 2.63. The van der Waals surface area contributed by atoms with Crippen LogP contribution in [0.2, 0.25) is 5.02 Å². The van der Waals surface area contributed by atoms with Crippen molar-refractivity contribution >= 4 is 23.6 Å². The monoisotopic (exact) mass is 424 g/mol. The molecule has 0 aromatic heterocycles. The number of rotatable bonds is 8. The second-order valence-corrected chi connectivity index (χ2v) is 7.57. The number of hydrogen-bond acceptors (Lipinski definition) is 5.